The summed E-state index contributed by atoms with van der Waals surface area (Å²) in [5, 5.41) is 3.55. The lowest BCUT2D eigenvalue weighted by Crippen LogP contribution is -2.18. The fourth-order valence-corrected chi connectivity index (χ4v) is 3.37. The van der Waals surface area contributed by atoms with E-state index in [9.17, 15) is 0 Å². The molecule has 1 aromatic heterocycles. The number of nitrogen functional groups attached to an aromatic ring is 1. The highest BCUT2D eigenvalue weighted by molar-refractivity contribution is 9.10. The lowest BCUT2D eigenvalue weighted by atomic mass is 9.87. The molecular weight excluding hydrogens is 314 g/mol. The minimum absolute atomic E-state index is 0.311. The lowest BCUT2D eigenvalue weighted by molar-refractivity contribution is 0.598. The first-order valence-electron chi connectivity index (χ1n) is 6.90. The number of anilines is 2. The molecule has 0 radical (unpaired) electrons. The lowest BCUT2D eigenvalue weighted by Gasteiger charge is -2.27. The number of halogens is 1. The Balaban J connectivity index is 1.89. The van der Waals surface area contributed by atoms with Crippen LogP contribution in [0.1, 0.15) is 35.6 Å². The van der Waals surface area contributed by atoms with Crippen molar-refractivity contribution in [1.82, 2.24) is 4.98 Å². The molecule has 104 valence electrons. The molecule has 0 amide bonds. The van der Waals surface area contributed by atoms with Crippen molar-refractivity contribution in [2.75, 3.05) is 11.1 Å². The highest BCUT2D eigenvalue weighted by Gasteiger charge is 2.21. The van der Waals surface area contributed by atoms with Gasteiger partial charge < -0.3 is 11.1 Å². The van der Waals surface area contributed by atoms with Gasteiger partial charge in [0.2, 0.25) is 0 Å². The fraction of sp³-hybridized carbons (Fsp3) is 0.312. The van der Waals surface area contributed by atoms with E-state index in [4.69, 9.17) is 5.73 Å². The van der Waals surface area contributed by atoms with Gasteiger partial charge in [-0.3, -0.25) is 0 Å². The van der Waals surface area contributed by atoms with Gasteiger partial charge in [0, 0.05) is 11.9 Å². The van der Waals surface area contributed by atoms with E-state index in [1.54, 1.807) is 0 Å². The number of hydrogen-bond donors (Lipinski definition) is 2. The summed E-state index contributed by atoms with van der Waals surface area (Å²) in [6.45, 7) is 2.04. The van der Waals surface area contributed by atoms with Gasteiger partial charge in [-0.2, -0.15) is 0 Å². The van der Waals surface area contributed by atoms with Gasteiger partial charge in [0.1, 0.15) is 5.82 Å². The minimum Gasteiger partial charge on any atom is -0.399 e. The van der Waals surface area contributed by atoms with Crippen molar-refractivity contribution >= 4 is 27.4 Å². The normalized spacial score (nSPS) is 17.6. The number of nitrogens with two attached hydrogens (primary N) is 1. The average Bonchev–Trinajstić information content (AvgIpc) is 2.41. The number of hydrogen-bond acceptors (Lipinski definition) is 3. The molecule has 1 aromatic carbocycles. The summed E-state index contributed by atoms with van der Waals surface area (Å²) < 4.78 is 1.01. The zero-order valence-corrected chi connectivity index (χ0v) is 13.1. The Morgan fingerprint density at radius 2 is 2.20 bits per heavy atom. The third kappa shape index (κ3) is 2.66. The van der Waals surface area contributed by atoms with Crippen LogP contribution in [-0.2, 0) is 6.42 Å². The summed E-state index contributed by atoms with van der Waals surface area (Å²) in [7, 11) is 0. The van der Waals surface area contributed by atoms with Crippen LogP contribution in [0.25, 0.3) is 0 Å². The third-order valence-electron chi connectivity index (χ3n) is 3.77. The van der Waals surface area contributed by atoms with Crippen molar-refractivity contribution in [2.24, 2.45) is 0 Å². The second kappa shape index (κ2) is 5.44. The molecule has 1 aliphatic carbocycles. The highest BCUT2D eigenvalue weighted by atomic mass is 79.9. The highest BCUT2D eigenvalue weighted by Crippen LogP contribution is 2.34. The number of aryl methyl sites for hydroxylation is 2. The van der Waals surface area contributed by atoms with Gasteiger partial charge >= 0.3 is 0 Å². The molecule has 3 N–H and O–H groups in total. The minimum atomic E-state index is 0.311. The Bertz CT molecular complexity index is 640. The van der Waals surface area contributed by atoms with Crippen molar-refractivity contribution in [2.45, 2.75) is 32.2 Å². The van der Waals surface area contributed by atoms with Gasteiger partial charge in [-0.1, -0.05) is 6.07 Å². The van der Waals surface area contributed by atoms with Crippen molar-refractivity contribution < 1.29 is 0 Å². The molecule has 1 atom stereocenters. The van der Waals surface area contributed by atoms with Gasteiger partial charge in [-0.25, -0.2) is 4.98 Å². The number of nitrogens with zero attached hydrogens (tertiary/aromatic N) is 1. The van der Waals surface area contributed by atoms with Crippen molar-refractivity contribution in [3.8, 4) is 0 Å². The summed E-state index contributed by atoms with van der Waals surface area (Å²) in [6, 6.07) is 8.62. The first kappa shape index (κ1) is 13.4. The molecule has 2 aromatic rings. The first-order valence-corrected chi connectivity index (χ1v) is 7.70. The van der Waals surface area contributed by atoms with Gasteiger partial charge in [-0.15, -0.1) is 0 Å². The van der Waals surface area contributed by atoms with E-state index in [0.29, 0.717) is 6.04 Å². The molecule has 3 rings (SSSR count). The smallest absolute Gasteiger partial charge is 0.140 e. The summed E-state index contributed by atoms with van der Waals surface area (Å²) in [5.74, 6) is 0.908. The molecule has 0 aliphatic heterocycles. The summed E-state index contributed by atoms with van der Waals surface area (Å²) >= 11 is 3.58. The maximum atomic E-state index is 5.88. The fourth-order valence-electron chi connectivity index (χ4n) is 2.79. The number of fused-ring (bicyclic) bond motifs is 1. The Morgan fingerprint density at radius 3 is 3.00 bits per heavy atom. The summed E-state index contributed by atoms with van der Waals surface area (Å²) in [4.78, 5) is 4.48. The quantitative estimate of drug-likeness (QED) is 0.810. The van der Waals surface area contributed by atoms with Crippen LogP contribution in [-0.4, -0.2) is 4.98 Å². The molecule has 0 bridgehead atoms. The largest absolute Gasteiger partial charge is 0.399 e. The SMILES string of the molecule is Cc1cnc(NC2CCCc3cc(N)ccc32)c(Br)c1. The third-order valence-corrected chi connectivity index (χ3v) is 4.37. The molecule has 0 saturated heterocycles. The molecular formula is C16H18BrN3. The maximum absolute atomic E-state index is 5.88. The van der Waals surface area contributed by atoms with E-state index in [0.717, 1.165) is 34.4 Å². The standard InChI is InChI=1S/C16H18BrN3/c1-10-7-14(17)16(19-9-10)20-15-4-2-3-11-8-12(18)5-6-13(11)15/h5-9,15H,2-4,18H2,1H3,(H,19,20). The van der Waals surface area contributed by atoms with Crippen LogP contribution >= 0.6 is 15.9 Å². The van der Waals surface area contributed by atoms with Crippen LogP contribution in [0, 0.1) is 6.92 Å². The Morgan fingerprint density at radius 1 is 1.35 bits per heavy atom. The molecule has 3 nitrogen and oxygen atoms in total. The summed E-state index contributed by atoms with van der Waals surface area (Å²) in [6.07, 6.45) is 5.30. The molecule has 20 heavy (non-hydrogen) atoms. The first-order chi connectivity index (χ1) is 9.63. The van der Waals surface area contributed by atoms with Gasteiger partial charge in [0.15, 0.2) is 0 Å². The second-order valence-corrected chi connectivity index (χ2v) is 6.24. The van der Waals surface area contributed by atoms with Crippen molar-refractivity contribution in [3.05, 3.63) is 51.6 Å². The summed E-state index contributed by atoms with van der Waals surface area (Å²) in [5.41, 5.74) is 10.6. The van der Waals surface area contributed by atoms with Crippen LogP contribution in [0.15, 0.2) is 34.9 Å². The Kier molecular flexibility index (Phi) is 3.66. The van der Waals surface area contributed by atoms with E-state index < -0.39 is 0 Å². The van der Waals surface area contributed by atoms with E-state index >= 15 is 0 Å². The van der Waals surface area contributed by atoms with Crippen LogP contribution in [0.4, 0.5) is 11.5 Å². The van der Waals surface area contributed by atoms with Crippen LogP contribution in [0.5, 0.6) is 0 Å². The Hall–Kier alpha value is -1.55. The zero-order valence-electron chi connectivity index (χ0n) is 11.5. The monoisotopic (exact) mass is 331 g/mol. The van der Waals surface area contributed by atoms with E-state index in [1.807, 2.05) is 19.2 Å². The maximum Gasteiger partial charge on any atom is 0.140 e. The number of aromatic nitrogens is 1. The van der Waals surface area contributed by atoms with E-state index in [1.165, 1.54) is 17.5 Å². The number of nitrogens with one attached hydrogen (secondary N) is 1. The average molecular weight is 332 g/mol. The Labute approximate surface area is 127 Å². The van der Waals surface area contributed by atoms with Crippen molar-refractivity contribution in [1.29, 1.82) is 0 Å². The van der Waals surface area contributed by atoms with E-state index in [2.05, 4.69) is 44.4 Å². The van der Waals surface area contributed by atoms with E-state index in [-0.39, 0.29) is 0 Å². The van der Waals surface area contributed by atoms with Crippen LogP contribution in [0.3, 0.4) is 0 Å². The zero-order chi connectivity index (χ0) is 14.1. The van der Waals surface area contributed by atoms with Crippen LogP contribution < -0.4 is 11.1 Å². The number of pyridine rings is 1. The molecule has 1 aliphatic rings. The molecule has 0 saturated carbocycles. The number of rotatable bonds is 2. The topological polar surface area (TPSA) is 50.9 Å². The predicted molar refractivity (Wildman–Crippen MR) is 86.8 cm³/mol. The van der Waals surface area contributed by atoms with Gasteiger partial charge in [0.05, 0.1) is 10.5 Å². The molecule has 1 unspecified atom stereocenters. The van der Waals surface area contributed by atoms with Crippen LogP contribution in [0.2, 0.25) is 0 Å². The van der Waals surface area contributed by atoms with Gasteiger partial charge in [0.25, 0.3) is 0 Å². The van der Waals surface area contributed by atoms with Gasteiger partial charge in [-0.05, 0) is 77.0 Å². The second-order valence-electron chi connectivity index (χ2n) is 5.39. The molecule has 0 fully saturated rings. The van der Waals surface area contributed by atoms with Crippen molar-refractivity contribution in [3.63, 3.8) is 0 Å². The molecule has 0 spiro atoms. The predicted octanol–water partition coefficient (Wildman–Crippen LogP) is 4.22. The number of benzene rings is 1. The molecule has 4 heteroatoms. The molecule has 1 heterocycles.